The Bertz CT molecular complexity index is 680. The third kappa shape index (κ3) is 4.48. The number of benzene rings is 1. The van der Waals surface area contributed by atoms with Crippen LogP contribution in [0.25, 0.3) is 0 Å². The van der Waals surface area contributed by atoms with Crippen molar-refractivity contribution < 1.29 is 9.90 Å². The molecule has 0 fully saturated rings. The van der Waals surface area contributed by atoms with Crippen LogP contribution in [0.1, 0.15) is 21.5 Å². The summed E-state index contributed by atoms with van der Waals surface area (Å²) >= 11 is 0. The average Bonchev–Trinajstić information content (AvgIpc) is 2.91. The fourth-order valence-electron chi connectivity index (χ4n) is 1.86. The molecule has 5 nitrogen and oxygen atoms in total. The summed E-state index contributed by atoms with van der Waals surface area (Å²) in [7, 11) is 0. The summed E-state index contributed by atoms with van der Waals surface area (Å²) in [6.07, 6.45) is 3.71. The van der Waals surface area contributed by atoms with E-state index in [0.717, 1.165) is 5.56 Å². The van der Waals surface area contributed by atoms with Crippen LogP contribution in [0.15, 0.2) is 36.7 Å². The maximum Gasteiger partial charge on any atom is 0.251 e. The van der Waals surface area contributed by atoms with Gasteiger partial charge in [0.05, 0.1) is 12.7 Å². The minimum Gasteiger partial charge on any atom is -0.384 e. The van der Waals surface area contributed by atoms with Gasteiger partial charge in [-0.25, -0.2) is 0 Å². The Labute approximate surface area is 123 Å². The highest BCUT2D eigenvalue weighted by atomic mass is 16.2. The van der Waals surface area contributed by atoms with Crippen molar-refractivity contribution in [2.45, 2.75) is 13.5 Å². The monoisotopic (exact) mass is 283 g/mol. The molecule has 0 radical (unpaired) electrons. The van der Waals surface area contributed by atoms with Crippen LogP contribution in [0, 0.1) is 18.8 Å². The van der Waals surface area contributed by atoms with Crippen LogP contribution < -0.4 is 5.32 Å². The highest BCUT2D eigenvalue weighted by molar-refractivity contribution is 5.94. The molecular weight excluding hydrogens is 266 g/mol. The molecule has 0 saturated heterocycles. The molecule has 0 saturated carbocycles. The van der Waals surface area contributed by atoms with Crippen molar-refractivity contribution in [3.8, 4) is 11.8 Å². The summed E-state index contributed by atoms with van der Waals surface area (Å²) in [5.41, 5.74) is 2.35. The first kappa shape index (κ1) is 14.8. The topological polar surface area (TPSA) is 67.2 Å². The molecule has 21 heavy (non-hydrogen) atoms. The van der Waals surface area contributed by atoms with Crippen LogP contribution in [0.3, 0.4) is 0 Å². The quantitative estimate of drug-likeness (QED) is 0.822. The molecule has 1 heterocycles. The number of aromatic nitrogens is 2. The average molecular weight is 283 g/mol. The second-order valence-corrected chi connectivity index (χ2v) is 4.58. The summed E-state index contributed by atoms with van der Waals surface area (Å²) in [5.74, 6) is 5.19. The van der Waals surface area contributed by atoms with E-state index in [1.54, 1.807) is 35.1 Å². The fourth-order valence-corrected chi connectivity index (χ4v) is 1.86. The number of hydrogen-bond acceptors (Lipinski definition) is 3. The summed E-state index contributed by atoms with van der Waals surface area (Å²) in [5, 5.41) is 15.7. The summed E-state index contributed by atoms with van der Waals surface area (Å²) in [4.78, 5) is 12.0. The number of rotatable bonds is 4. The molecule has 0 aliphatic carbocycles. The molecule has 0 bridgehead atoms. The number of amides is 1. The second-order valence-electron chi connectivity index (χ2n) is 4.58. The lowest BCUT2D eigenvalue weighted by Crippen LogP contribution is -2.27. The molecule has 108 valence electrons. The van der Waals surface area contributed by atoms with Crippen molar-refractivity contribution in [2.75, 3.05) is 13.2 Å². The van der Waals surface area contributed by atoms with Crippen LogP contribution in [0.2, 0.25) is 0 Å². The fraction of sp³-hybridized carbons (Fsp3) is 0.250. The van der Waals surface area contributed by atoms with Gasteiger partial charge in [-0.15, -0.1) is 0 Å². The molecule has 0 unspecified atom stereocenters. The number of aliphatic hydroxyl groups is 1. The Hall–Kier alpha value is -2.58. The lowest BCUT2D eigenvalue weighted by Gasteiger charge is -2.06. The number of aliphatic hydroxyl groups excluding tert-OH is 1. The molecule has 1 amide bonds. The number of nitrogens with one attached hydrogen (secondary N) is 1. The molecule has 0 spiro atoms. The zero-order chi connectivity index (χ0) is 15.1. The van der Waals surface area contributed by atoms with Crippen LogP contribution in [-0.2, 0) is 6.54 Å². The van der Waals surface area contributed by atoms with Gasteiger partial charge >= 0.3 is 0 Å². The molecule has 2 rings (SSSR count). The van der Waals surface area contributed by atoms with Crippen LogP contribution >= 0.6 is 0 Å². The van der Waals surface area contributed by atoms with Gasteiger partial charge in [0.1, 0.15) is 6.61 Å². The van der Waals surface area contributed by atoms with E-state index in [1.165, 1.54) is 0 Å². The first-order chi connectivity index (χ1) is 10.2. The largest absolute Gasteiger partial charge is 0.384 e. The van der Waals surface area contributed by atoms with Crippen molar-refractivity contribution >= 4 is 5.91 Å². The predicted molar refractivity (Wildman–Crippen MR) is 79.7 cm³/mol. The maximum absolute atomic E-state index is 12.0. The number of nitrogens with zero attached hydrogens (tertiary/aromatic N) is 2. The van der Waals surface area contributed by atoms with Crippen molar-refractivity contribution in [1.82, 2.24) is 15.1 Å². The molecule has 5 heteroatoms. The van der Waals surface area contributed by atoms with Crippen LogP contribution in [0.5, 0.6) is 0 Å². The number of carbonyl (C=O) groups excluding carboxylic acids is 1. The van der Waals surface area contributed by atoms with Gasteiger partial charge < -0.3 is 10.4 Å². The minimum atomic E-state index is -0.195. The molecule has 0 aliphatic heterocycles. The van der Waals surface area contributed by atoms with Crippen LogP contribution in [-0.4, -0.2) is 33.9 Å². The second kappa shape index (κ2) is 7.27. The summed E-state index contributed by atoms with van der Waals surface area (Å²) in [6, 6.07) is 7.01. The third-order valence-corrected chi connectivity index (χ3v) is 2.83. The van der Waals surface area contributed by atoms with E-state index in [1.807, 2.05) is 13.1 Å². The van der Waals surface area contributed by atoms with E-state index >= 15 is 0 Å². The van der Waals surface area contributed by atoms with Gasteiger partial charge in [-0.1, -0.05) is 17.9 Å². The Morgan fingerprint density at radius 2 is 2.33 bits per heavy atom. The Balaban J connectivity index is 1.91. The normalized spacial score (nSPS) is 9.81. The van der Waals surface area contributed by atoms with E-state index in [2.05, 4.69) is 22.3 Å². The van der Waals surface area contributed by atoms with Crippen molar-refractivity contribution in [3.63, 3.8) is 0 Å². The number of carbonyl (C=O) groups is 1. The molecule has 2 N–H and O–H groups in total. The summed E-state index contributed by atoms with van der Waals surface area (Å²) in [6.45, 7) is 2.91. The molecule has 2 aromatic rings. The van der Waals surface area contributed by atoms with Gasteiger partial charge in [0.25, 0.3) is 5.91 Å². The first-order valence-electron chi connectivity index (χ1n) is 6.66. The van der Waals surface area contributed by atoms with E-state index < -0.39 is 0 Å². The highest BCUT2D eigenvalue weighted by Gasteiger charge is 2.05. The Kier molecular flexibility index (Phi) is 5.13. The number of hydrogen-bond donors (Lipinski definition) is 2. The highest BCUT2D eigenvalue weighted by Crippen LogP contribution is 2.04. The van der Waals surface area contributed by atoms with E-state index in [-0.39, 0.29) is 12.5 Å². The van der Waals surface area contributed by atoms with E-state index in [4.69, 9.17) is 5.11 Å². The summed E-state index contributed by atoms with van der Waals surface area (Å²) < 4.78 is 1.79. The van der Waals surface area contributed by atoms with Crippen molar-refractivity contribution in [1.29, 1.82) is 0 Å². The molecule has 0 aliphatic rings. The van der Waals surface area contributed by atoms with Gasteiger partial charge in [0, 0.05) is 23.9 Å². The lowest BCUT2D eigenvalue weighted by molar-refractivity contribution is 0.0952. The first-order valence-corrected chi connectivity index (χ1v) is 6.66. The zero-order valence-corrected chi connectivity index (χ0v) is 11.8. The molecular formula is C16H17N3O2. The molecule has 1 aromatic carbocycles. The van der Waals surface area contributed by atoms with Crippen molar-refractivity contribution in [2.24, 2.45) is 0 Å². The Morgan fingerprint density at radius 1 is 1.48 bits per heavy atom. The Morgan fingerprint density at radius 3 is 3.05 bits per heavy atom. The maximum atomic E-state index is 12.0. The van der Waals surface area contributed by atoms with E-state index in [0.29, 0.717) is 24.2 Å². The molecule has 1 aromatic heterocycles. The van der Waals surface area contributed by atoms with Gasteiger partial charge in [-0.05, 0) is 30.7 Å². The standard InChI is InChI=1S/C16H17N3O2/c1-13-11-18-19(12-13)8-7-17-16(21)15-6-2-4-14(10-15)5-3-9-20/h2,4,6,10-12,20H,7-9H2,1H3,(H,17,21). The van der Waals surface area contributed by atoms with Gasteiger partial charge in [-0.3, -0.25) is 9.48 Å². The van der Waals surface area contributed by atoms with E-state index in [9.17, 15) is 4.79 Å². The third-order valence-electron chi connectivity index (χ3n) is 2.83. The van der Waals surface area contributed by atoms with Crippen LogP contribution in [0.4, 0.5) is 0 Å². The zero-order valence-electron chi connectivity index (χ0n) is 11.8. The molecule has 0 atom stereocenters. The minimum absolute atomic E-state index is 0.147. The number of aryl methyl sites for hydroxylation is 1. The van der Waals surface area contributed by atoms with Crippen molar-refractivity contribution in [3.05, 3.63) is 53.3 Å². The van der Waals surface area contributed by atoms with Gasteiger partial charge in [0.15, 0.2) is 0 Å². The smallest absolute Gasteiger partial charge is 0.251 e. The van der Waals surface area contributed by atoms with Gasteiger partial charge in [-0.2, -0.15) is 5.10 Å². The van der Waals surface area contributed by atoms with Gasteiger partial charge in [0.2, 0.25) is 0 Å². The lowest BCUT2D eigenvalue weighted by atomic mass is 10.1. The predicted octanol–water partition coefficient (Wildman–Crippen LogP) is 0.965. The SMILES string of the molecule is Cc1cnn(CCNC(=O)c2cccc(C#CCO)c2)c1.